The summed E-state index contributed by atoms with van der Waals surface area (Å²) in [5.74, 6) is 3.05. The Hall–Kier alpha value is -5.94. The van der Waals surface area contributed by atoms with Crippen molar-refractivity contribution in [1.82, 2.24) is 15.0 Å². The van der Waals surface area contributed by atoms with Gasteiger partial charge in [0.2, 0.25) is 0 Å². The lowest BCUT2D eigenvalue weighted by molar-refractivity contribution is 0.525. The zero-order chi connectivity index (χ0) is 30.6. The van der Waals surface area contributed by atoms with Crippen molar-refractivity contribution >= 4 is 44.4 Å². The Morgan fingerprint density at radius 1 is 0.565 bits per heavy atom. The third-order valence-corrected chi connectivity index (χ3v) is 8.81. The molecule has 9 rings (SSSR count). The molecule has 0 spiro atoms. The molecule has 1 aliphatic rings. The van der Waals surface area contributed by atoms with Crippen LogP contribution >= 0.6 is 0 Å². The van der Waals surface area contributed by atoms with Gasteiger partial charge in [0.05, 0.1) is 5.39 Å². The standard InChI is InChI=1S/C41H28N4O/c1-25-20-36-38(42-24-25)37-33(16-9-17-35(37)46-36)41-44-39(30-19-18-26-10-5-6-13-28(26)21-30)43-40(45-41)31-22-29-14-7-8-15-32(29)34(23-31)27-11-3-2-4-12-27/h2-19,21-25H,20H2,1H3. The smallest absolute Gasteiger partial charge is 0.164 e. The molecule has 0 saturated heterocycles. The molecule has 5 nitrogen and oxygen atoms in total. The van der Waals surface area contributed by atoms with Gasteiger partial charge < -0.3 is 4.42 Å². The molecule has 1 aliphatic heterocycles. The predicted molar refractivity (Wildman–Crippen MR) is 187 cm³/mol. The summed E-state index contributed by atoms with van der Waals surface area (Å²) in [7, 11) is 0. The number of rotatable bonds is 4. The van der Waals surface area contributed by atoms with Gasteiger partial charge in [-0.2, -0.15) is 0 Å². The maximum atomic E-state index is 6.33. The first-order chi connectivity index (χ1) is 22.7. The number of aliphatic imine (C=N–C) groups is 1. The zero-order valence-electron chi connectivity index (χ0n) is 25.2. The molecular formula is C41H28N4O. The summed E-state index contributed by atoms with van der Waals surface area (Å²) in [5, 5.41) is 5.55. The fourth-order valence-electron chi connectivity index (χ4n) is 6.57. The van der Waals surface area contributed by atoms with E-state index in [9.17, 15) is 0 Å². The quantitative estimate of drug-likeness (QED) is 0.204. The van der Waals surface area contributed by atoms with Crippen LogP contribution in [0.25, 0.3) is 77.8 Å². The predicted octanol–water partition coefficient (Wildman–Crippen LogP) is 10.5. The second-order valence-electron chi connectivity index (χ2n) is 12.0. The first-order valence-corrected chi connectivity index (χ1v) is 15.6. The number of fused-ring (bicyclic) bond motifs is 5. The van der Waals surface area contributed by atoms with Gasteiger partial charge >= 0.3 is 0 Å². The van der Waals surface area contributed by atoms with Gasteiger partial charge in [0.25, 0.3) is 0 Å². The molecule has 6 aromatic carbocycles. The molecule has 5 heteroatoms. The van der Waals surface area contributed by atoms with E-state index in [4.69, 9.17) is 24.4 Å². The molecule has 46 heavy (non-hydrogen) atoms. The van der Waals surface area contributed by atoms with Crippen LogP contribution in [-0.2, 0) is 6.42 Å². The summed E-state index contributed by atoms with van der Waals surface area (Å²) >= 11 is 0. The van der Waals surface area contributed by atoms with Gasteiger partial charge in [0.1, 0.15) is 17.0 Å². The average molecular weight is 593 g/mol. The van der Waals surface area contributed by atoms with Crippen molar-refractivity contribution in [1.29, 1.82) is 0 Å². The minimum atomic E-state index is 0.325. The highest BCUT2D eigenvalue weighted by Gasteiger charge is 2.24. The van der Waals surface area contributed by atoms with Gasteiger partial charge in [-0.1, -0.05) is 110 Å². The molecule has 8 aromatic rings. The van der Waals surface area contributed by atoms with Crippen molar-refractivity contribution in [2.24, 2.45) is 10.9 Å². The normalized spacial score (nSPS) is 14.2. The van der Waals surface area contributed by atoms with Gasteiger partial charge in [-0.25, -0.2) is 15.0 Å². The summed E-state index contributed by atoms with van der Waals surface area (Å²) in [6, 6.07) is 44.1. The summed E-state index contributed by atoms with van der Waals surface area (Å²) in [6.45, 7) is 2.15. The van der Waals surface area contributed by atoms with Crippen LogP contribution in [0.3, 0.4) is 0 Å². The van der Waals surface area contributed by atoms with E-state index in [-0.39, 0.29) is 0 Å². The van der Waals surface area contributed by atoms with E-state index in [1.807, 2.05) is 24.4 Å². The molecule has 0 radical (unpaired) electrons. The van der Waals surface area contributed by atoms with E-state index < -0.39 is 0 Å². The van der Waals surface area contributed by atoms with Crippen LogP contribution in [0.2, 0.25) is 0 Å². The van der Waals surface area contributed by atoms with Crippen molar-refractivity contribution in [3.63, 3.8) is 0 Å². The average Bonchev–Trinajstić information content (AvgIpc) is 3.49. The molecule has 3 heterocycles. The van der Waals surface area contributed by atoms with Gasteiger partial charge in [-0.15, -0.1) is 0 Å². The summed E-state index contributed by atoms with van der Waals surface area (Å²) in [4.78, 5) is 20.3. The fraction of sp³-hybridized carbons (Fsp3) is 0.0732. The second-order valence-corrected chi connectivity index (χ2v) is 12.0. The van der Waals surface area contributed by atoms with E-state index in [2.05, 4.69) is 116 Å². The maximum Gasteiger partial charge on any atom is 0.164 e. The van der Waals surface area contributed by atoms with Crippen LogP contribution in [0, 0.1) is 5.92 Å². The minimum absolute atomic E-state index is 0.325. The maximum absolute atomic E-state index is 6.33. The molecule has 0 N–H and O–H groups in total. The van der Waals surface area contributed by atoms with Crippen molar-refractivity contribution in [2.45, 2.75) is 13.3 Å². The van der Waals surface area contributed by atoms with Crippen LogP contribution in [0.1, 0.15) is 12.7 Å². The van der Waals surface area contributed by atoms with E-state index >= 15 is 0 Å². The minimum Gasteiger partial charge on any atom is -0.459 e. The van der Waals surface area contributed by atoms with E-state index in [1.54, 1.807) is 0 Å². The molecule has 1 atom stereocenters. The van der Waals surface area contributed by atoms with E-state index in [0.717, 1.165) is 67.4 Å². The lowest BCUT2D eigenvalue weighted by Gasteiger charge is -2.13. The van der Waals surface area contributed by atoms with E-state index in [0.29, 0.717) is 23.4 Å². The first kappa shape index (κ1) is 26.5. The largest absolute Gasteiger partial charge is 0.459 e. The highest BCUT2D eigenvalue weighted by atomic mass is 16.3. The second kappa shape index (κ2) is 10.6. The van der Waals surface area contributed by atoms with Gasteiger partial charge in [-0.3, -0.25) is 4.99 Å². The Morgan fingerprint density at radius 2 is 1.28 bits per heavy atom. The molecule has 0 saturated carbocycles. The number of benzene rings is 6. The van der Waals surface area contributed by atoms with Crippen LogP contribution < -0.4 is 0 Å². The first-order valence-electron chi connectivity index (χ1n) is 15.6. The third-order valence-electron chi connectivity index (χ3n) is 8.81. The Kier molecular flexibility index (Phi) is 6.10. The van der Waals surface area contributed by atoms with Crippen molar-refractivity contribution in [3.05, 3.63) is 133 Å². The number of furan rings is 1. The van der Waals surface area contributed by atoms with Gasteiger partial charge in [-0.05, 0) is 62.9 Å². The Morgan fingerprint density at radius 3 is 2.15 bits per heavy atom. The molecule has 0 bridgehead atoms. The molecule has 0 fully saturated rings. The molecule has 218 valence electrons. The molecular weight excluding hydrogens is 564 g/mol. The number of hydrogen-bond donors (Lipinski definition) is 0. The molecule has 0 amide bonds. The number of hydrogen-bond acceptors (Lipinski definition) is 5. The molecule has 1 unspecified atom stereocenters. The number of aromatic nitrogens is 3. The molecule has 0 aliphatic carbocycles. The van der Waals surface area contributed by atoms with Crippen LogP contribution in [-0.4, -0.2) is 21.2 Å². The van der Waals surface area contributed by atoms with Crippen LogP contribution in [0.4, 0.5) is 5.69 Å². The Bertz CT molecular complexity index is 2480. The summed E-state index contributed by atoms with van der Waals surface area (Å²) in [6.07, 6.45) is 2.82. The van der Waals surface area contributed by atoms with E-state index in [1.165, 1.54) is 10.8 Å². The van der Waals surface area contributed by atoms with Crippen molar-refractivity contribution in [3.8, 4) is 45.3 Å². The van der Waals surface area contributed by atoms with Crippen molar-refractivity contribution in [2.75, 3.05) is 0 Å². The monoisotopic (exact) mass is 592 g/mol. The van der Waals surface area contributed by atoms with Gasteiger partial charge in [0, 0.05) is 29.3 Å². The highest BCUT2D eigenvalue weighted by Crippen LogP contribution is 2.42. The topological polar surface area (TPSA) is 64.2 Å². The summed E-state index contributed by atoms with van der Waals surface area (Å²) < 4.78 is 6.33. The Labute approximate surface area is 266 Å². The van der Waals surface area contributed by atoms with Crippen LogP contribution in [0.5, 0.6) is 0 Å². The molecule has 2 aromatic heterocycles. The number of nitrogens with zero attached hydrogens (tertiary/aromatic N) is 4. The van der Waals surface area contributed by atoms with Crippen LogP contribution in [0.15, 0.2) is 137 Å². The zero-order valence-corrected chi connectivity index (χ0v) is 25.2. The Balaban J connectivity index is 1.31. The lowest BCUT2D eigenvalue weighted by Crippen LogP contribution is -2.04. The van der Waals surface area contributed by atoms with Gasteiger partial charge in [0.15, 0.2) is 17.5 Å². The summed E-state index contributed by atoms with van der Waals surface area (Å²) in [5.41, 5.74) is 6.68. The fourth-order valence-corrected chi connectivity index (χ4v) is 6.57. The SMILES string of the molecule is CC1C=Nc2c(oc3cccc(-c4nc(-c5ccc6ccccc6c5)nc(-c5cc(-c6ccccc6)c6ccccc6c5)n4)c23)C1. The van der Waals surface area contributed by atoms with Crippen molar-refractivity contribution < 1.29 is 4.42 Å². The lowest BCUT2D eigenvalue weighted by atomic mass is 9.95. The third kappa shape index (κ3) is 4.48. The highest BCUT2D eigenvalue weighted by molar-refractivity contribution is 6.04.